The van der Waals surface area contributed by atoms with Crippen LogP contribution < -0.4 is 5.32 Å². The third-order valence-electron chi connectivity index (χ3n) is 2.97. The first kappa shape index (κ1) is 13.8. The second kappa shape index (κ2) is 6.53. The number of amides is 1. The van der Waals surface area contributed by atoms with Gasteiger partial charge in [0.25, 0.3) is 5.91 Å². The van der Waals surface area contributed by atoms with Crippen LogP contribution in [0.5, 0.6) is 0 Å². The van der Waals surface area contributed by atoms with E-state index in [0.29, 0.717) is 17.9 Å². The molecule has 5 heteroatoms. The summed E-state index contributed by atoms with van der Waals surface area (Å²) in [5.74, 6) is -0.167. The van der Waals surface area contributed by atoms with E-state index in [1.54, 1.807) is 13.1 Å². The summed E-state index contributed by atoms with van der Waals surface area (Å²) >= 11 is 0. The molecule has 0 radical (unpaired) electrons. The van der Waals surface area contributed by atoms with E-state index in [9.17, 15) is 4.79 Å². The van der Waals surface area contributed by atoms with Gasteiger partial charge in [0.1, 0.15) is 5.69 Å². The van der Waals surface area contributed by atoms with Gasteiger partial charge in [0.15, 0.2) is 0 Å². The van der Waals surface area contributed by atoms with Gasteiger partial charge in [-0.1, -0.05) is 30.3 Å². The van der Waals surface area contributed by atoms with Crippen molar-refractivity contribution in [2.24, 2.45) is 7.05 Å². The van der Waals surface area contributed by atoms with E-state index < -0.39 is 0 Å². The summed E-state index contributed by atoms with van der Waals surface area (Å²) in [6.07, 6.45) is 1.00. The maximum atomic E-state index is 12.0. The molecule has 1 heterocycles. The van der Waals surface area contributed by atoms with E-state index in [0.717, 1.165) is 6.42 Å². The molecule has 0 aliphatic heterocycles. The van der Waals surface area contributed by atoms with Crippen LogP contribution in [-0.2, 0) is 19.9 Å². The largest absolute Gasteiger partial charge is 0.350 e. The Balaban J connectivity index is 1.90. The molecule has 0 bridgehead atoms. The number of nitrogens with zero attached hydrogens (tertiary/aromatic N) is 3. The van der Waals surface area contributed by atoms with E-state index in [2.05, 4.69) is 10.4 Å². The third kappa shape index (κ3) is 3.45. The smallest absolute Gasteiger partial charge is 0.269 e. The Bertz CT molecular complexity index is 625. The minimum absolute atomic E-state index is 0.167. The molecule has 0 fully saturated rings. The molecule has 0 unspecified atom stereocenters. The number of hydrogen-bond donors (Lipinski definition) is 1. The number of aromatic nitrogens is 2. The lowest BCUT2D eigenvalue weighted by molar-refractivity contribution is 0.0944. The second-order valence-corrected chi connectivity index (χ2v) is 4.47. The molecule has 102 valence electrons. The molecular weight excluding hydrogens is 252 g/mol. The van der Waals surface area contributed by atoms with Crippen LogP contribution in [0.4, 0.5) is 0 Å². The van der Waals surface area contributed by atoms with E-state index in [-0.39, 0.29) is 12.3 Å². The number of carbonyl (C=O) groups excluding carboxylic acids is 1. The van der Waals surface area contributed by atoms with Crippen LogP contribution in [0.1, 0.15) is 21.7 Å². The zero-order valence-corrected chi connectivity index (χ0v) is 11.3. The Morgan fingerprint density at radius 1 is 1.40 bits per heavy atom. The molecule has 0 atom stereocenters. The van der Waals surface area contributed by atoms with Crippen molar-refractivity contribution in [3.05, 3.63) is 53.3 Å². The molecule has 20 heavy (non-hydrogen) atoms. The van der Waals surface area contributed by atoms with Crippen LogP contribution in [0.2, 0.25) is 0 Å². The van der Waals surface area contributed by atoms with Gasteiger partial charge in [-0.3, -0.25) is 9.48 Å². The van der Waals surface area contributed by atoms with Gasteiger partial charge in [-0.2, -0.15) is 10.4 Å². The summed E-state index contributed by atoms with van der Waals surface area (Å²) in [7, 11) is 1.70. The van der Waals surface area contributed by atoms with Gasteiger partial charge in [0.2, 0.25) is 0 Å². The lowest BCUT2D eigenvalue weighted by atomic mass is 10.1. The molecule has 1 amide bonds. The summed E-state index contributed by atoms with van der Waals surface area (Å²) < 4.78 is 1.50. The van der Waals surface area contributed by atoms with Crippen LogP contribution in [0.15, 0.2) is 36.4 Å². The number of aryl methyl sites for hydroxylation is 1. The fraction of sp³-hybridized carbons (Fsp3) is 0.267. The summed E-state index contributed by atoms with van der Waals surface area (Å²) in [6.45, 7) is 0.571. The molecule has 5 nitrogen and oxygen atoms in total. The predicted octanol–water partition coefficient (Wildman–Crippen LogP) is 1.46. The Morgan fingerprint density at radius 2 is 2.15 bits per heavy atom. The topological polar surface area (TPSA) is 70.7 Å². The van der Waals surface area contributed by atoms with Gasteiger partial charge in [-0.05, 0) is 18.1 Å². The average molecular weight is 268 g/mol. The molecule has 0 saturated carbocycles. The zero-order chi connectivity index (χ0) is 14.4. The van der Waals surface area contributed by atoms with Crippen LogP contribution in [0, 0.1) is 11.3 Å². The summed E-state index contributed by atoms with van der Waals surface area (Å²) in [4.78, 5) is 12.0. The van der Waals surface area contributed by atoms with E-state index >= 15 is 0 Å². The number of benzene rings is 1. The second-order valence-electron chi connectivity index (χ2n) is 4.47. The van der Waals surface area contributed by atoms with Gasteiger partial charge in [-0.15, -0.1) is 0 Å². The summed E-state index contributed by atoms with van der Waals surface area (Å²) in [6, 6.07) is 13.7. The highest BCUT2D eigenvalue weighted by molar-refractivity contribution is 5.92. The van der Waals surface area contributed by atoms with Crippen LogP contribution in [0.25, 0.3) is 0 Å². The van der Waals surface area contributed by atoms with E-state index in [4.69, 9.17) is 5.26 Å². The quantitative estimate of drug-likeness (QED) is 0.892. The van der Waals surface area contributed by atoms with Crippen molar-refractivity contribution in [1.82, 2.24) is 15.1 Å². The van der Waals surface area contributed by atoms with Gasteiger partial charge < -0.3 is 5.32 Å². The van der Waals surface area contributed by atoms with Crippen LogP contribution in [-0.4, -0.2) is 22.2 Å². The molecular formula is C15H16N4O. The van der Waals surface area contributed by atoms with E-state index in [1.165, 1.54) is 10.2 Å². The van der Waals surface area contributed by atoms with Gasteiger partial charge >= 0.3 is 0 Å². The standard InChI is InChI=1S/C15H16N4O/c1-19-14(11-13(18-19)7-9-16)15(20)17-10-8-12-5-3-2-4-6-12/h2-6,11H,7-8,10H2,1H3,(H,17,20). The van der Waals surface area contributed by atoms with Gasteiger partial charge in [0.05, 0.1) is 18.2 Å². The molecule has 0 spiro atoms. The normalized spacial score (nSPS) is 10.0. The Kier molecular flexibility index (Phi) is 4.51. The van der Waals surface area contributed by atoms with Crippen molar-refractivity contribution < 1.29 is 4.79 Å². The Labute approximate surface area is 117 Å². The van der Waals surface area contributed by atoms with Gasteiger partial charge in [0, 0.05) is 13.6 Å². The number of hydrogen-bond acceptors (Lipinski definition) is 3. The average Bonchev–Trinajstić information content (AvgIpc) is 2.81. The summed E-state index contributed by atoms with van der Waals surface area (Å²) in [5, 5.41) is 15.6. The SMILES string of the molecule is Cn1nc(CC#N)cc1C(=O)NCCc1ccccc1. The Hall–Kier alpha value is -2.61. The molecule has 0 aliphatic rings. The Morgan fingerprint density at radius 3 is 2.85 bits per heavy atom. The number of rotatable bonds is 5. The molecule has 2 rings (SSSR count). The van der Waals surface area contributed by atoms with Crippen molar-refractivity contribution in [2.75, 3.05) is 6.54 Å². The predicted molar refractivity (Wildman–Crippen MR) is 75.0 cm³/mol. The number of nitriles is 1. The molecule has 1 N–H and O–H groups in total. The maximum Gasteiger partial charge on any atom is 0.269 e. The molecule has 0 aliphatic carbocycles. The fourth-order valence-corrected chi connectivity index (χ4v) is 1.96. The van der Waals surface area contributed by atoms with Crippen LogP contribution in [0.3, 0.4) is 0 Å². The minimum Gasteiger partial charge on any atom is -0.350 e. The first-order valence-electron chi connectivity index (χ1n) is 6.42. The third-order valence-corrected chi connectivity index (χ3v) is 2.97. The highest BCUT2D eigenvalue weighted by atomic mass is 16.2. The molecule has 1 aromatic heterocycles. The first-order valence-corrected chi connectivity index (χ1v) is 6.42. The van der Waals surface area contributed by atoms with Crippen molar-refractivity contribution in [1.29, 1.82) is 5.26 Å². The summed E-state index contributed by atoms with van der Waals surface area (Å²) in [5.41, 5.74) is 2.27. The molecule has 0 saturated heterocycles. The molecule has 1 aromatic carbocycles. The highest BCUT2D eigenvalue weighted by Crippen LogP contribution is 2.04. The lowest BCUT2D eigenvalue weighted by Crippen LogP contribution is -2.27. The van der Waals surface area contributed by atoms with E-state index in [1.807, 2.05) is 36.4 Å². The molecule has 2 aromatic rings. The van der Waals surface area contributed by atoms with Crippen molar-refractivity contribution >= 4 is 5.91 Å². The first-order chi connectivity index (χ1) is 9.70. The van der Waals surface area contributed by atoms with Crippen LogP contribution >= 0.6 is 0 Å². The zero-order valence-electron chi connectivity index (χ0n) is 11.3. The minimum atomic E-state index is -0.167. The van der Waals surface area contributed by atoms with Crippen molar-refractivity contribution in [2.45, 2.75) is 12.8 Å². The highest BCUT2D eigenvalue weighted by Gasteiger charge is 2.12. The fourth-order valence-electron chi connectivity index (χ4n) is 1.96. The van der Waals surface area contributed by atoms with Gasteiger partial charge in [-0.25, -0.2) is 0 Å². The number of carbonyl (C=O) groups is 1. The monoisotopic (exact) mass is 268 g/mol. The lowest BCUT2D eigenvalue weighted by Gasteiger charge is -2.05. The van der Waals surface area contributed by atoms with Crippen molar-refractivity contribution in [3.63, 3.8) is 0 Å². The number of nitrogens with one attached hydrogen (secondary N) is 1. The maximum absolute atomic E-state index is 12.0. The van der Waals surface area contributed by atoms with Crippen molar-refractivity contribution in [3.8, 4) is 6.07 Å².